The Bertz CT molecular complexity index is 439. The number of rotatable bonds is 2. The summed E-state index contributed by atoms with van der Waals surface area (Å²) in [6.07, 6.45) is -0.115. The lowest BCUT2D eigenvalue weighted by Gasteiger charge is -2.36. The lowest BCUT2D eigenvalue weighted by Crippen LogP contribution is -2.49. The van der Waals surface area contributed by atoms with Crippen LogP contribution in [-0.4, -0.2) is 42.0 Å². The molecule has 0 saturated carbocycles. The second-order valence-electron chi connectivity index (χ2n) is 4.41. The van der Waals surface area contributed by atoms with Crippen LogP contribution in [0.3, 0.4) is 0 Å². The second kappa shape index (κ2) is 5.91. The van der Waals surface area contributed by atoms with E-state index < -0.39 is 0 Å². The van der Waals surface area contributed by atoms with E-state index in [-0.39, 0.29) is 18.1 Å². The first kappa shape index (κ1) is 13.7. The number of morpholine rings is 1. The fraction of sp³-hybridized carbons (Fsp3) is 0.462. The molecule has 18 heavy (non-hydrogen) atoms. The molecule has 0 bridgehead atoms. The summed E-state index contributed by atoms with van der Waals surface area (Å²) in [7, 11) is 0. The van der Waals surface area contributed by atoms with E-state index in [2.05, 4.69) is 0 Å². The Hall–Kier alpha value is -0.770. The molecule has 1 fully saturated rings. The van der Waals surface area contributed by atoms with Gasteiger partial charge in [-0.1, -0.05) is 23.7 Å². The highest BCUT2D eigenvalue weighted by Crippen LogP contribution is 2.20. The Labute approximate surface area is 117 Å². The molecule has 0 spiro atoms. The molecule has 1 aromatic carbocycles. The minimum atomic E-state index is -0.109. The van der Waals surface area contributed by atoms with Crippen molar-refractivity contribution in [2.75, 3.05) is 19.0 Å². The number of benzene rings is 1. The fourth-order valence-electron chi connectivity index (χ4n) is 2.10. The van der Waals surface area contributed by atoms with Crippen molar-refractivity contribution in [3.8, 4) is 0 Å². The number of carbonyl (C=O) groups is 1. The predicted octanol–water partition coefficient (Wildman–Crippen LogP) is 2.81. The van der Waals surface area contributed by atoms with E-state index in [1.165, 1.54) is 0 Å². The van der Waals surface area contributed by atoms with Gasteiger partial charge in [0.15, 0.2) is 0 Å². The Morgan fingerprint density at radius 3 is 2.83 bits per heavy atom. The van der Waals surface area contributed by atoms with Gasteiger partial charge in [-0.15, -0.1) is 11.6 Å². The van der Waals surface area contributed by atoms with E-state index in [0.717, 1.165) is 0 Å². The van der Waals surface area contributed by atoms with Gasteiger partial charge in [0.1, 0.15) is 0 Å². The zero-order valence-electron chi connectivity index (χ0n) is 10.1. The van der Waals surface area contributed by atoms with Gasteiger partial charge in [0.2, 0.25) is 0 Å². The Balaban J connectivity index is 2.16. The molecule has 0 aromatic heterocycles. The second-order valence-corrected chi connectivity index (χ2v) is 5.13. The molecule has 2 rings (SSSR count). The van der Waals surface area contributed by atoms with Crippen LogP contribution >= 0.6 is 23.2 Å². The Morgan fingerprint density at radius 1 is 1.44 bits per heavy atom. The average molecular weight is 288 g/mol. The van der Waals surface area contributed by atoms with Crippen LogP contribution in [0, 0.1) is 0 Å². The SMILES string of the molecule is CC1CN(C(=O)c2ccccc2Cl)CC(CCl)O1. The van der Waals surface area contributed by atoms with Crippen molar-refractivity contribution in [1.29, 1.82) is 0 Å². The molecule has 2 atom stereocenters. The molecular weight excluding hydrogens is 273 g/mol. The summed E-state index contributed by atoms with van der Waals surface area (Å²) in [5.74, 6) is 0.322. The number of amides is 1. The van der Waals surface area contributed by atoms with Crippen LogP contribution < -0.4 is 0 Å². The molecule has 3 nitrogen and oxygen atoms in total. The Kier molecular flexibility index (Phi) is 4.49. The van der Waals surface area contributed by atoms with E-state index >= 15 is 0 Å². The van der Waals surface area contributed by atoms with Crippen LogP contribution in [0.2, 0.25) is 5.02 Å². The number of carbonyl (C=O) groups excluding carboxylic acids is 1. The van der Waals surface area contributed by atoms with Crippen molar-refractivity contribution in [1.82, 2.24) is 4.90 Å². The summed E-state index contributed by atoms with van der Waals surface area (Å²) in [5, 5.41) is 0.476. The van der Waals surface area contributed by atoms with Gasteiger partial charge < -0.3 is 9.64 Å². The van der Waals surface area contributed by atoms with Crippen LogP contribution in [0.25, 0.3) is 0 Å². The molecule has 5 heteroatoms. The highest BCUT2D eigenvalue weighted by atomic mass is 35.5. The molecule has 98 valence electrons. The molecule has 1 aromatic rings. The maximum Gasteiger partial charge on any atom is 0.255 e. The molecular formula is C13H15Cl2NO2. The molecule has 0 N–H and O–H groups in total. The first-order valence-corrected chi connectivity index (χ1v) is 6.78. The van der Waals surface area contributed by atoms with Gasteiger partial charge in [-0.3, -0.25) is 4.79 Å². The van der Waals surface area contributed by atoms with Crippen LogP contribution in [0.1, 0.15) is 17.3 Å². The summed E-state index contributed by atoms with van der Waals surface area (Å²) in [6, 6.07) is 7.07. The number of alkyl halides is 1. The van der Waals surface area contributed by atoms with Crippen molar-refractivity contribution >= 4 is 29.1 Å². The molecule has 0 aliphatic carbocycles. The summed E-state index contributed by atoms with van der Waals surface area (Å²) < 4.78 is 5.62. The quantitative estimate of drug-likeness (QED) is 0.783. The zero-order valence-corrected chi connectivity index (χ0v) is 11.6. The molecule has 2 unspecified atom stereocenters. The van der Waals surface area contributed by atoms with Crippen LogP contribution in [0.4, 0.5) is 0 Å². The van der Waals surface area contributed by atoms with E-state index in [1.54, 1.807) is 17.0 Å². The summed E-state index contributed by atoms with van der Waals surface area (Å²) in [6.45, 7) is 3.01. The molecule has 1 aliphatic rings. The van der Waals surface area contributed by atoms with E-state index in [4.69, 9.17) is 27.9 Å². The predicted molar refractivity (Wildman–Crippen MR) is 72.4 cm³/mol. The fourth-order valence-corrected chi connectivity index (χ4v) is 2.49. The topological polar surface area (TPSA) is 29.5 Å². The van der Waals surface area contributed by atoms with Crippen molar-refractivity contribution in [3.05, 3.63) is 34.9 Å². The number of halogens is 2. The molecule has 1 heterocycles. The van der Waals surface area contributed by atoms with Gasteiger partial charge in [0.05, 0.1) is 28.7 Å². The van der Waals surface area contributed by atoms with Gasteiger partial charge in [-0.05, 0) is 19.1 Å². The van der Waals surface area contributed by atoms with Crippen molar-refractivity contribution in [2.24, 2.45) is 0 Å². The zero-order chi connectivity index (χ0) is 13.1. The number of nitrogens with zero attached hydrogens (tertiary/aromatic N) is 1. The molecule has 1 aliphatic heterocycles. The maximum atomic E-state index is 12.4. The first-order valence-electron chi connectivity index (χ1n) is 5.87. The Morgan fingerprint density at radius 2 is 2.17 bits per heavy atom. The van der Waals surface area contributed by atoms with Crippen LogP contribution in [-0.2, 0) is 4.74 Å². The van der Waals surface area contributed by atoms with Crippen LogP contribution in [0.15, 0.2) is 24.3 Å². The maximum absolute atomic E-state index is 12.4. The summed E-state index contributed by atoms with van der Waals surface area (Å²) in [5.41, 5.74) is 0.529. The van der Waals surface area contributed by atoms with Crippen molar-refractivity contribution < 1.29 is 9.53 Å². The lowest BCUT2D eigenvalue weighted by molar-refractivity contribution is -0.0570. The van der Waals surface area contributed by atoms with Crippen LogP contribution in [0.5, 0.6) is 0 Å². The standard InChI is InChI=1S/C13H15Cl2NO2/c1-9-7-16(8-10(6-14)18-9)13(17)11-4-2-3-5-12(11)15/h2-5,9-10H,6-8H2,1H3. The molecule has 0 radical (unpaired) electrons. The van der Waals surface area contributed by atoms with Gasteiger partial charge >= 0.3 is 0 Å². The van der Waals surface area contributed by atoms with E-state index in [9.17, 15) is 4.79 Å². The van der Waals surface area contributed by atoms with Gasteiger partial charge in [0, 0.05) is 13.1 Å². The van der Waals surface area contributed by atoms with Gasteiger partial charge in [-0.25, -0.2) is 0 Å². The minimum Gasteiger partial charge on any atom is -0.370 e. The highest BCUT2D eigenvalue weighted by Gasteiger charge is 2.29. The van der Waals surface area contributed by atoms with Gasteiger partial charge in [0.25, 0.3) is 5.91 Å². The minimum absolute atomic E-state index is 0.00561. The molecule has 1 saturated heterocycles. The normalized spacial score (nSPS) is 24.1. The first-order chi connectivity index (χ1) is 8.61. The van der Waals surface area contributed by atoms with E-state index in [0.29, 0.717) is 29.6 Å². The third-order valence-corrected chi connectivity index (χ3v) is 3.56. The van der Waals surface area contributed by atoms with Crippen molar-refractivity contribution in [3.63, 3.8) is 0 Å². The summed E-state index contributed by atoms with van der Waals surface area (Å²) in [4.78, 5) is 14.1. The average Bonchev–Trinajstić information content (AvgIpc) is 2.37. The third kappa shape index (κ3) is 2.97. The number of ether oxygens (including phenoxy) is 1. The van der Waals surface area contributed by atoms with E-state index in [1.807, 2.05) is 19.1 Å². The monoisotopic (exact) mass is 287 g/mol. The van der Waals surface area contributed by atoms with Crippen molar-refractivity contribution in [2.45, 2.75) is 19.1 Å². The largest absolute Gasteiger partial charge is 0.370 e. The number of hydrogen-bond acceptors (Lipinski definition) is 2. The lowest BCUT2D eigenvalue weighted by atomic mass is 10.1. The smallest absolute Gasteiger partial charge is 0.255 e. The summed E-state index contributed by atoms with van der Waals surface area (Å²) >= 11 is 11.8. The number of hydrogen-bond donors (Lipinski definition) is 0. The third-order valence-electron chi connectivity index (χ3n) is 2.89. The molecule has 1 amide bonds. The van der Waals surface area contributed by atoms with Gasteiger partial charge in [-0.2, -0.15) is 0 Å². The highest BCUT2D eigenvalue weighted by molar-refractivity contribution is 6.33.